The summed E-state index contributed by atoms with van der Waals surface area (Å²) >= 11 is 3.45. The predicted octanol–water partition coefficient (Wildman–Crippen LogP) is 1.95. The van der Waals surface area contributed by atoms with Crippen LogP contribution in [-0.4, -0.2) is 37.0 Å². The Balaban J connectivity index is 1.88. The summed E-state index contributed by atoms with van der Waals surface area (Å²) in [7, 11) is 1.64. The monoisotopic (exact) mass is 326 g/mol. The van der Waals surface area contributed by atoms with Gasteiger partial charge in [-0.3, -0.25) is 4.79 Å². The molecule has 2 rings (SSSR count). The molecule has 0 aliphatic carbocycles. The van der Waals surface area contributed by atoms with Gasteiger partial charge in [-0.05, 0) is 46.5 Å². The first-order valence-electron chi connectivity index (χ1n) is 6.46. The average Bonchev–Trinajstić information content (AvgIpc) is 2.83. The van der Waals surface area contributed by atoms with Crippen LogP contribution in [-0.2, 0) is 11.2 Å². The van der Waals surface area contributed by atoms with Crippen LogP contribution in [0.25, 0.3) is 0 Å². The summed E-state index contributed by atoms with van der Waals surface area (Å²) in [6, 6.07) is 6.06. The normalized spacial score (nSPS) is 18.7. The first kappa shape index (κ1) is 14.3. The van der Waals surface area contributed by atoms with Crippen LogP contribution in [0.2, 0.25) is 0 Å². The quantitative estimate of drug-likeness (QED) is 0.920. The Bertz CT molecular complexity index is 465. The summed E-state index contributed by atoms with van der Waals surface area (Å²) in [6.45, 7) is 1.50. The van der Waals surface area contributed by atoms with Gasteiger partial charge in [-0.2, -0.15) is 0 Å². The second kappa shape index (κ2) is 6.39. The highest BCUT2D eigenvalue weighted by molar-refractivity contribution is 9.10. The van der Waals surface area contributed by atoms with Crippen LogP contribution in [0.15, 0.2) is 22.7 Å². The molecule has 2 N–H and O–H groups in total. The zero-order chi connectivity index (χ0) is 13.8. The molecule has 0 spiro atoms. The van der Waals surface area contributed by atoms with Gasteiger partial charge < -0.3 is 15.4 Å². The van der Waals surface area contributed by atoms with E-state index in [0.717, 1.165) is 35.2 Å². The van der Waals surface area contributed by atoms with E-state index in [9.17, 15) is 4.79 Å². The summed E-state index contributed by atoms with van der Waals surface area (Å²) in [5.41, 5.74) is 6.94. The number of benzene rings is 1. The predicted molar refractivity (Wildman–Crippen MR) is 78.2 cm³/mol. The third kappa shape index (κ3) is 3.70. The molecule has 19 heavy (non-hydrogen) atoms. The zero-order valence-corrected chi connectivity index (χ0v) is 12.6. The number of nitrogens with zero attached hydrogens (tertiary/aromatic N) is 1. The van der Waals surface area contributed by atoms with Crippen molar-refractivity contribution in [3.05, 3.63) is 28.2 Å². The van der Waals surface area contributed by atoms with Gasteiger partial charge in [0.2, 0.25) is 5.91 Å². The van der Waals surface area contributed by atoms with Crippen molar-refractivity contribution >= 4 is 21.8 Å². The molecule has 5 heteroatoms. The topological polar surface area (TPSA) is 55.6 Å². The van der Waals surface area contributed by atoms with E-state index in [1.807, 2.05) is 23.1 Å². The molecule has 1 aliphatic heterocycles. The lowest BCUT2D eigenvalue weighted by molar-refractivity contribution is -0.130. The summed E-state index contributed by atoms with van der Waals surface area (Å²) in [4.78, 5) is 13.9. The Morgan fingerprint density at radius 3 is 2.95 bits per heavy atom. The van der Waals surface area contributed by atoms with Crippen LogP contribution < -0.4 is 10.5 Å². The van der Waals surface area contributed by atoms with Crippen molar-refractivity contribution in [3.8, 4) is 5.75 Å². The number of nitrogens with two attached hydrogens (primary N) is 1. The Labute approximate surface area is 122 Å². The Kier molecular flexibility index (Phi) is 4.82. The lowest BCUT2D eigenvalue weighted by Crippen LogP contribution is -2.31. The summed E-state index contributed by atoms with van der Waals surface area (Å²) in [6.07, 6.45) is 2.19. The third-order valence-electron chi connectivity index (χ3n) is 3.42. The first-order chi connectivity index (χ1) is 9.10. The van der Waals surface area contributed by atoms with Crippen molar-refractivity contribution in [3.63, 3.8) is 0 Å². The van der Waals surface area contributed by atoms with Crippen molar-refractivity contribution in [2.45, 2.75) is 25.3 Å². The highest BCUT2D eigenvalue weighted by atomic mass is 79.9. The minimum absolute atomic E-state index is 0.152. The molecular weight excluding hydrogens is 308 g/mol. The Hall–Kier alpha value is -1.07. The van der Waals surface area contributed by atoms with Gasteiger partial charge in [-0.25, -0.2) is 0 Å². The Morgan fingerprint density at radius 2 is 2.37 bits per heavy atom. The fraction of sp³-hybridized carbons (Fsp3) is 0.500. The molecule has 4 nitrogen and oxygen atoms in total. The number of carbonyl (C=O) groups is 1. The van der Waals surface area contributed by atoms with Crippen LogP contribution in [0.4, 0.5) is 0 Å². The maximum atomic E-state index is 12.0. The van der Waals surface area contributed by atoms with Gasteiger partial charge >= 0.3 is 0 Å². The van der Waals surface area contributed by atoms with Crippen molar-refractivity contribution in [2.75, 3.05) is 20.2 Å². The summed E-state index contributed by atoms with van der Waals surface area (Å²) in [5, 5.41) is 0. The molecule has 1 aliphatic rings. The number of rotatable bonds is 4. The molecule has 1 unspecified atom stereocenters. The standard InChI is InChI=1S/C14H19BrN2O2/c1-19-13-4-2-10(8-12(13)15)3-5-14(18)17-7-6-11(16)9-17/h2,4,8,11H,3,5-7,9,16H2,1H3. The van der Waals surface area contributed by atoms with E-state index in [1.54, 1.807) is 7.11 Å². The van der Waals surface area contributed by atoms with Crippen molar-refractivity contribution in [1.82, 2.24) is 4.90 Å². The second-order valence-corrected chi connectivity index (χ2v) is 5.71. The SMILES string of the molecule is COc1ccc(CCC(=O)N2CCC(N)C2)cc1Br. The molecule has 0 saturated carbocycles. The van der Waals surface area contributed by atoms with E-state index in [0.29, 0.717) is 13.0 Å². The molecule has 1 atom stereocenters. The van der Waals surface area contributed by atoms with Gasteiger partial charge in [-0.15, -0.1) is 0 Å². The number of carbonyl (C=O) groups excluding carboxylic acids is 1. The van der Waals surface area contributed by atoms with Crippen LogP contribution >= 0.6 is 15.9 Å². The zero-order valence-electron chi connectivity index (χ0n) is 11.1. The van der Waals surface area contributed by atoms with Gasteiger partial charge in [-0.1, -0.05) is 6.07 Å². The average molecular weight is 327 g/mol. The molecule has 1 amide bonds. The maximum absolute atomic E-state index is 12.0. The lowest BCUT2D eigenvalue weighted by atomic mass is 10.1. The van der Waals surface area contributed by atoms with Gasteiger partial charge in [0.05, 0.1) is 11.6 Å². The van der Waals surface area contributed by atoms with Crippen LogP contribution in [0.3, 0.4) is 0 Å². The van der Waals surface area contributed by atoms with Gasteiger partial charge in [0.1, 0.15) is 5.75 Å². The molecule has 0 aromatic heterocycles. The molecule has 104 valence electrons. The second-order valence-electron chi connectivity index (χ2n) is 4.86. The molecule has 1 saturated heterocycles. The number of hydrogen-bond donors (Lipinski definition) is 1. The minimum atomic E-state index is 0.152. The smallest absolute Gasteiger partial charge is 0.222 e. The van der Waals surface area contributed by atoms with Gasteiger partial charge in [0.25, 0.3) is 0 Å². The fourth-order valence-electron chi connectivity index (χ4n) is 2.29. The van der Waals surface area contributed by atoms with E-state index >= 15 is 0 Å². The molecule has 0 bridgehead atoms. The van der Waals surface area contributed by atoms with Crippen molar-refractivity contribution < 1.29 is 9.53 Å². The molecular formula is C14H19BrN2O2. The summed E-state index contributed by atoms with van der Waals surface area (Å²) < 4.78 is 6.10. The number of ether oxygens (including phenoxy) is 1. The fourth-order valence-corrected chi connectivity index (χ4v) is 2.88. The number of methoxy groups -OCH3 is 1. The Morgan fingerprint density at radius 1 is 1.58 bits per heavy atom. The lowest BCUT2D eigenvalue weighted by Gasteiger charge is -2.15. The van der Waals surface area contributed by atoms with Crippen LogP contribution in [0, 0.1) is 0 Å². The highest BCUT2D eigenvalue weighted by Gasteiger charge is 2.22. The van der Waals surface area contributed by atoms with E-state index in [4.69, 9.17) is 10.5 Å². The highest BCUT2D eigenvalue weighted by Crippen LogP contribution is 2.26. The molecule has 1 fully saturated rings. The van der Waals surface area contributed by atoms with Crippen LogP contribution in [0.5, 0.6) is 5.75 Å². The van der Waals surface area contributed by atoms with E-state index in [1.165, 1.54) is 0 Å². The number of amides is 1. The maximum Gasteiger partial charge on any atom is 0.222 e. The number of aryl methyl sites for hydroxylation is 1. The number of hydrogen-bond acceptors (Lipinski definition) is 3. The molecule has 1 aromatic rings. The molecule has 0 radical (unpaired) electrons. The van der Waals surface area contributed by atoms with E-state index in [2.05, 4.69) is 15.9 Å². The summed E-state index contributed by atoms with van der Waals surface area (Å²) in [5.74, 6) is 1.00. The number of likely N-dealkylation sites (tertiary alicyclic amines) is 1. The molecule has 1 aromatic carbocycles. The van der Waals surface area contributed by atoms with Crippen LogP contribution in [0.1, 0.15) is 18.4 Å². The van der Waals surface area contributed by atoms with E-state index < -0.39 is 0 Å². The molecule has 1 heterocycles. The number of halogens is 1. The van der Waals surface area contributed by atoms with Gasteiger partial charge in [0.15, 0.2) is 0 Å². The van der Waals surface area contributed by atoms with Gasteiger partial charge in [0, 0.05) is 25.6 Å². The van der Waals surface area contributed by atoms with Crippen molar-refractivity contribution in [2.24, 2.45) is 5.73 Å². The largest absolute Gasteiger partial charge is 0.496 e. The minimum Gasteiger partial charge on any atom is -0.496 e. The van der Waals surface area contributed by atoms with E-state index in [-0.39, 0.29) is 11.9 Å². The first-order valence-corrected chi connectivity index (χ1v) is 7.25. The van der Waals surface area contributed by atoms with Crippen molar-refractivity contribution in [1.29, 1.82) is 0 Å². The third-order valence-corrected chi connectivity index (χ3v) is 4.04.